The zero-order valence-electron chi connectivity index (χ0n) is 15.5. The SMILES string of the molecule is C[C@H](C(=O)Nc1ccc(C(F)(F)F)cc1)N1CCN(C[C@@H]2CCCO2)CC1. The van der Waals surface area contributed by atoms with E-state index in [1.165, 1.54) is 12.1 Å². The Labute approximate surface area is 157 Å². The van der Waals surface area contributed by atoms with E-state index in [1.807, 2.05) is 6.92 Å². The average Bonchev–Trinajstić information content (AvgIpc) is 3.14. The fraction of sp³-hybridized carbons (Fsp3) is 0.632. The molecule has 2 saturated heterocycles. The number of benzene rings is 1. The van der Waals surface area contributed by atoms with Crippen molar-refractivity contribution in [3.8, 4) is 0 Å². The van der Waals surface area contributed by atoms with E-state index in [0.29, 0.717) is 11.8 Å². The van der Waals surface area contributed by atoms with Crippen LogP contribution in [0, 0.1) is 0 Å². The highest BCUT2D eigenvalue weighted by molar-refractivity contribution is 5.94. The second-order valence-electron chi connectivity index (χ2n) is 7.21. The summed E-state index contributed by atoms with van der Waals surface area (Å²) >= 11 is 0. The van der Waals surface area contributed by atoms with Crippen molar-refractivity contribution < 1.29 is 22.7 Å². The van der Waals surface area contributed by atoms with Crippen LogP contribution < -0.4 is 5.32 Å². The van der Waals surface area contributed by atoms with E-state index < -0.39 is 11.7 Å². The lowest BCUT2D eigenvalue weighted by molar-refractivity contribution is -0.137. The van der Waals surface area contributed by atoms with Crippen molar-refractivity contribution >= 4 is 11.6 Å². The van der Waals surface area contributed by atoms with E-state index in [9.17, 15) is 18.0 Å². The number of halogens is 3. The number of hydrogen-bond acceptors (Lipinski definition) is 4. The van der Waals surface area contributed by atoms with Gasteiger partial charge in [0, 0.05) is 45.0 Å². The van der Waals surface area contributed by atoms with Crippen LogP contribution in [0.3, 0.4) is 0 Å². The molecule has 2 fully saturated rings. The molecular formula is C19H26F3N3O2. The molecule has 0 aliphatic carbocycles. The molecule has 1 N–H and O–H groups in total. The number of alkyl halides is 3. The highest BCUT2D eigenvalue weighted by Crippen LogP contribution is 2.29. The normalized spacial score (nSPS) is 23.3. The van der Waals surface area contributed by atoms with Crippen molar-refractivity contribution in [3.63, 3.8) is 0 Å². The summed E-state index contributed by atoms with van der Waals surface area (Å²) in [5, 5.41) is 2.71. The van der Waals surface area contributed by atoms with Gasteiger partial charge in [-0.2, -0.15) is 13.2 Å². The summed E-state index contributed by atoms with van der Waals surface area (Å²) in [5.41, 5.74) is -0.354. The molecule has 1 amide bonds. The number of amides is 1. The Hall–Kier alpha value is -1.64. The number of piperazine rings is 1. The summed E-state index contributed by atoms with van der Waals surface area (Å²) < 4.78 is 43.5. The fourth-order valence-electron chi connectivity index (χ4n) is 3.56. The Bertz CT molecular complexity index is 622. The Morgan fingerprint density at radius 2 is 1.89 bits per heavy atom. The molecule has 0 bridgehead atoms. The van der Waals surface area contributed by atoms with E-state index in [-0.39, 0.29) is 11.9 Å². The monoisotopic (exact) mass is 385 g/mol. The lowest BCUT2D eigenvalue weighted by Crippen LogP contribution is -2.53. The van der Waals surface area contributed by atoms with E-state index in [4.69, 9.17) is 4.74 Å². The quantitative estimate of drug-likeness (QED) is 0.847. The number of hydrogen-bond donors (Lipinski definition) is 1. The number of carbonyl (C=O) groups is 1. The smallest absolute Gasteiger partial charge is 0.377 e. The first-order chi connectivity index (χ1) is 12.8. The average molecular weight is 385 g/mol. The first-order valence-electron chi connectivity index (χ1n) is 9.39. The maximum atomic E-state index is 12.6. The molecule has 0 aromatic heterocycles. The fourth-order valence-corrected chi connectivity index (χ4v) is 3.56. The summed E-state index contributed by atoms with van der Waals surface area (Å²) in [6.07, 6.45) is -1.80. The summed E-state index contributed by atoms with van der Waals surface area (Å²) in [4.78, 5) is 16.9. The summed E-state index contributed by atoms with van der Waals surface area (Å²) in [7, 11) is 0. The van der Waals surface area contributed by atoms with Gasteiger partial charge in [0.25, 0.3) is 0 Å². The lowest BCUT2D eigenvalue weighted by atomic mass is 10.1. The van der Waals surface area contributed by atoms with Crippen LogP contribution >= 0.6 is 0 Å². The number of ether oxygens (including phenoxy) is 1. The van der Waals surface area contributed by atoms with Crippen molar-refractivity contribution in [3.05, 3.63) is 29.8 Å². The summed E-state index contributed by atoms with van der Waals surface area (Å²) in [5.74, 6) is -0.206. The molecule has 8 heteroatoms. The van der Waals surface area contributed by atoms with Gasteiger partial charge in [-0.05, 0) is 44.0 Å². The molecule has 2 atom stereocenters. The van der Waals surface area contributed by atoms with Crippen molar-refractivity contribution in [1.82, 2.24) is 9.80 Å². The van der Waals surface area contributed by atoms with Crippen LogP contribution in [0.25, 0.3) is 0 Å². The van der Waals surface area contributed by atoms with E-state index in [0.717, 1.165) is 64.3 Å². The van der Waals surface area contributed by atoms with Gasteiger partial charge in [0.2, 0.25) is 5.91 Å². The third-order valence-electron chi connectivity index (χ3n) is 5.30. The minimum atomic E-state index is -4.38. The molecule has 27 heavy (non-hydrogen) atoms. The summed E-state index contributed by atoms with van der Waals surface area (Å²) in [6.45, 7) is 6.97. The highest BCUT2D eigenvalue weighted by atomic mass is 19.4. The zero-order chi connectivity index (χ0) is 19.4. The molecule has 0 radical (unpaired) electrons. The predicted octanol–water partition coefficient (Wildman–Crippen LogP) is 2.83. The van der Waals surface area contributed by atoms with Crippen LogP contribution in [-0.4, -0.2) is 67.2 Å². The molecule has 0 unspecified atom stereocenters. The molecule has 3 rings (SSSR count). The Balaban J connectivity index is 1.46. The van der Waals surface area contributed by atoms with Gasteiger partial charge < -0.3 is 10.1 Å². The molecule has 1 aromatic rings. The van der Waals surface area contributed by atoms with E-state index in [2.05, 4.69) is 15.1 Å². The van der Waals surface area contributed by atoms with Crippen LogP contribution in [-0.2, 0) is 15.7 Å². The first kappa shape index (κ1) is 20.1. The third kappa shape index (κ3) is 5.43. The molecule has 1 aromatic carbocycles. The molecule has 0 spiro atoms. The maximum absolute atomic E-state index is 12.6. The predicted molar refractivity (Wildman–Crippen MR) is 96.5 cm³/mol. The van der Waals surface area contributed by atoms with E-state index >= 15 is 0 Å². The van der Waals surface area contributed by atoms with Gasteiger partial charge in [-0.25, -0.2) is 0 Å². The Morgan fingerprint density at radius 3 is 2.44 bits per heavy atom. The summed E-state index contributed by atoms with van der Waals surface area (Å²) in [6, 6.07) is 4.19. The third-order valence-corrected chi connectivity index (χ3v) is 5.30. The van der Waals surface area contributed by atoms with Gasteiger partial charge in [-0.1, -0.05) is 0 Å². The standard InChI is InChI=1S/C19H26F3N3O2/c1-14(18(26)23-16-6-4-15(5-7-16)19(20,21)22)25-10-8-24(9-11-25)13-17-3-2-12-27-17/h4-7,14,17H,2-3,8-13H2,1H3,(H,23,26)/t14-,17+/m1/s1. The van der Waals surface area contributed by atoms with Crippen LogP contribution in [0.4, 0.5) is 18.9 Å². The van der Waals surface area contributed by atoms with Crippen LogP contribution in [0.1, 0.15) is 25.3 Å². The Kier molecular flexibility index (Phi) is 6.39. The number of nitrogens with one attached hydrogen (secondary N) is 1. The van der Waals surface area contributed by atoms with Gasteiger partial charge in [-0.15, -0.1) is 0 Å². The molecule has 2 heterocycles. The molecule has 0 saturated carbocycles. The van der Waals surface area contributed by atoms with Crippen molar-refractivity contribution in [2.45, 2.75) is 38.1 Å². The zero-order valence-corrected chi connectivity index (χ0v) is 15.5. The van der Waals surface area contributed by atoms with Crippen molar-refractivity contribution in [1.29, 1.82) is 0 Å². The number of anilines is 1. The Morgan fingerprint density at radius 1 is 1.22 bits per heavy atom. The van der Waals surface area contributed by atoms with Crippen LogP contribution in [0.5, 0.6) is 0 Å². The van der Waals surface area contributed by atoms with Gasteiger partial charge in [0.1, 0.15) is 0 Å². The molecule has 2 aliphatic heterocycles. The van der Waals surface area contributed by atoms with Gasteiger partial charge in [0.05, 0.1) is 17.7 Å². The molecule has 2 aliphatic rings. The number of carbonyl (C=O) groups excluding carboxylic acids is 1. The largest absolute Gasteiger partial charge is 0.416 e. The maximum Gasteiger partial charge on any atom is 0.416 e. The second-order valence-corrected chi connectivity index (χ2v) is 7.21. The van der Waals surface area contributed by atoms with Gasteiger partial charge >= 0.3 is 6.18 Å². The number of nitrogens with zero attached hydrogens (tertiary/aromatic N) is 2. The lowest BCUT2D eigenvalue weighted by Gasteiger charge is -2.38. The van der Waals surface area contributed by atoms with Crippen molar-refractivity contribution in [2.75, 3.05) is 44.6 Å². The van der Waals surface area contributed by atoms with Gasteiger partial charge in [0.15, 0.2) is 0 Å². The van der Waals surface area contributed by atoms with Crippen LogP contribution in [0.2, 0.25) is 0 Å². The minimum Gasteiger partial charge on any atom is -0.377 e. The number of rotatable bonds is 5. The van der Waals surface area contributed by atoms with Gasteiger partial charge in [-0.3, -0.25) is 14.6 Å². The van der Waals surface area contributed by atoms with Crippen molar-refractivity contribution in [2.24, 2.45) is 0 Å². The topological polar surface area (TPSA) is 44.8 Å². The minimum absolute atomic E-state index is 0.206. The highest BCUT2D eigenvalue weighted by Gasteiger charge is 2.30. The molecular weight excluding hydrogens is 359 g/mol. The molecule has 150 valence electrons. The second kappa shape index (κ2) is 8.58. The molecule has 5 nitrogen and oxygen atoms in total. The van der Waals surface area contributed by atoms with Crippen LogP contribution in [0.15, 0.2) is 24.3 Å². The van der Waals surface area contributed by atoms with E-state index in [1.54, 1.807) is 0 Å². The first-order valence-corrected chi connectivity index (χ1v) is 9.39.